The van der Waals surface area contributed by atoms with Crippen molar-refractivity contribution in [2.75, 3.05) is 22.4 Å². The molecule has 0 heterocycles. The number of nitro groups is 1. The summed E-state index contributed by atoms with van der Waals surface area (Å²) in [6.07, 6.45) is 1.11. The van der Waals surface area contributed by atoms with Gasteiger partial charge in [-0.15, -0.1) is 0 Å². The van der Waals surface area contributed by atoms with Crippen molar-refractivity contribution in [3.63, 3.8) is 0 Å². The molecule has 0 aliphatic carbocycles. The summed E-state index contributed by atoms with van der Waals surface area (Å²) in [5, 5.41) is 13.5. The fourth-order valence-corrected chi connectivity index (χ4v) is 3.41. The van der Waals surface area contributed by atoms with E-state index < -0.39 is 20.9 Å². The van der Waals surface area contributed by atoms with Crippen LogP contribution in [0.2, 0.25) is 0 Å². The van der Waals surface area contributed by atoms with E-state index in [0.29, 0.717) is 22.5 Å². The van der Waals surface area contributed by atoms with E-state index in [1.165, 1.54) is 28.6 Å². The van der Waals surface area contributed by atoms with E-state index in [0.717, 1.165) is 6.26 Å². The highest BCUT2D eigenvalue weighted by atomic mass is 32.2. The maximum atomic E-state index is 12.4. The van der Waals surface area contributed by atoms with Gasteiger partial charge in [-0.05, 0) is 43.7 Å². The van der Waals surface area contributed by atoms with E-state index in [4.69, 9.17) is 0 Å². The van der Waals surface area contributed by atoms with Gasteiger partial charge in [-0.1, -0.05) is 6.07 Å². The fourth-order valence-electron chi connectivity index (χ4n) is 2.44. The number of benzene rings is 2. The van der Waals surface area contributed by atoms with Gasteiger partial charge in [-0.3, -0.25) is 19.2 Å². The molecule has 2 aromatic rings. The topological polar surface area (TPSA) is 110 Å². The molecule has 0 bridgehead atoms. The predicted octanol–water partition coefficient (Wildman–Crippen LogP) is 2.94. The zero-order chi connectivity index (χ0) is 19.5. The maximum Gasteiger partial charge on any atom is 0.271 e. The largest absolute Gasteiger partial charge is 0.321 e. The molecule has 9 heteroatoms. The van der Waals surface area contributed by atoms with Gasteiger partial charge in [0.15, 0.2) is 0 Å². The monoisotopic (exact) mass is 377 g/mol. The van der Waals surface area contributed by atoms with E-state index in [1.54, 1.807) is 32.0 Å². The van der Waals surface area contributed by atoms with Crippen molar-refractivity contribution >= 4 is 33.0 Å². The number of non-ortho nitro benzene ring substituents is 1. The molecule has 0 aliphatic heterocycles. The lowest BCUT2D eigenvalue weighted by Crippen LogP contribution is -2.29. The Balaban J connectivity index is 2.24. The zero-order valence-electron chi connectivity index (χ0n) is 14.6. The molecule has 26 heavy (non-hydrogen) atoms. The van der Waals surface area contributed by atoms with Crippen molar-refractivity contribution < 1.29 is 18.1 Å². The van der Waals surface area contributed by atoms with Gasteiger partial charge in [0.2, 0.25) is 10.0 Å². The van der Waals surface area contributed by atoms with Gasteiger partial charge in [0.25, 0.3) is 11.6 Å². The fraction of sp³-hybridized carbons (Fsp3) is 0.235. The minimum atomic E-state index is -3.40. The molecule has 0 aliphatic rings. The molecule has 0 unspecified atom stereocenters. The van der Waals surface area contributed by atoms with E-state index in [-0.39, 0.29) is 12.2 Å². The van der Waals surface area contributed by atoms with Crippen LogP contribution in [-0.4, -0.2) is 32.0 Å². The van der Waals surface area contributed by atoms with E-state index in [2.05, 4.69) is 5.32 Å². The van der Waals surface area contributed by atoms with Crippen LogP contribution in [0.5, 0.6) is 0 Å². The molecule has 1 N–H and O–H groups in total. The quantitative estimate of drug-likeness (QED) is 0.615. The van der Waals surface area contributed by atoms with Crippen LogP contribution in [0.3, 0.4) is 0 Å². The highest BCUT2D eigenvalue weighted by Crippen LogP contribution is 2.23. The first kappa shape index (κ1) is 19.4. The zero-order valence-corrected chi connectivity index (χ0v) is 15.4. The molecule has 0 fully saturated rings. The van der Waals surface area contributed by atoms with Crippen LogP contribution in [0.25, 0.3) is 0 Å². The average Bonchev–Trinajstić information content (AvgIpc) is 2.56. The Morgan fingerprint density at radius 3 is 2.31 bits per heavy atom. The highest BCUT2D eigenvalue weighted by Gasteiger charge is 2.16. The summed E-state index contributed by atoms with van der Waals surface area (Å²) in [5.74, 6) is -0.442. The van der Waals surface area contributed by atoms with E-state index in [9.17, 15) is 23.3 Å². The van der Waals surface area contributed by atoms with Crippen LogP contribution < -0.4 is 9.62 Å². The lowest BCUT2D eigenvalue weighted by atomic mass is 10.1. The first-order valence-electron chi connectivity index (χ1n) is 7.77. The number of anilines is 2. The Morgan fingerprint density at radius 1 is 1.19 bits per heavy atom. The average molecular weight is 377 g/mol. The normalized spacial score (nSPS) is 11.0. The second kappa shape index (κ2) is 7.52. The number of nitrogens with zero attached hydrogens (tertiary/aromatic N) is 2. The molecule has 2 rings (SSSR count). The van der Waals surface area contributed by atoms with Gasteiger partial charge in [-0.25, -0.2) is 8.42 Å². The first-order valence-corrected chi connectivity index (χ1v) is 9.62. The third kappa shape index (κ3) is 4.37. The van der Waals surface area contributed by atoms with Crippen molar-refractivity contribution in [3.8, 4) is 0 Å². The van der Waals surface area contributed by atoms with Crippen molar-refractivity contribution in [2.24, 2.45) is 0 Å². The Bertz CT molecular complexity index is 939. The molecule has 0 spiro atoms. The number of rotatable bonds is 6. The van der Waals surface area contributed by atoms with Crippen molar-refractivity contribution in [3.05, 3.63) is 63.7 Å². The van der Waals surface area contributed by atoms with Crippen LogP contribution in [0.4, 0.5) is 17.1 Å². The Hall–Kier alpha value is -2.94. The molecule has 0 saturated carbocycles. The minimum absolute atomic E-state index is 0.118. The Morgan fingerprint density at radius 2 is 1.81 bits per heavy atom. The number of hydrogen-bond donors (Lipinski definition) is 1. The Kier molecular flexibility index (Phi) is 5.61. The molecule has 0 saturated heterocycles. The molecular weight excluding hydrogens is 358 g/mol. The van der Waals surface area contributed by atoms with Gasteiger partial charge in [0.1, 0.15) is 0 Å². The molecule has 8 nitrogen and oxygen atoms in total. The smallest absolute Gasteiger partial charge is 0.271 e. The minimum Gasteiger partial charge on any atom is -0.321 e. The van der Waals surface area contributed by atoms with Crippen molar-refractivity contribution in [1.29, 1.82) is 0 Å². The summed E-state index contributed by atoms with van der Waals surface area (Å²) < 4.78 is 24.7. The third-order valence-electron chi connectivity index (χ3n) is 3.79. The maximum absolute atomic E-state index is 12.4. The molecule has 138 valence electrons. The van der Waals surface area contributed by atoms with E-state index in [1.807, 2.05) is 0 Å². The standard InChI is InChI=1S/C17H19N3O5S/c1-4-19(26(3,24)25)14-9-6-13(7-10-14)17(21)18-16-11-15(20(22)23)8-5-12(16)2/h5-11H,4H2,1-3H3,(H,18,21). The van der Waals surface area contributed by atoms with Crippen LogP contribution >= 0.6 is 0 Å². The van der Waals surface area contributed by atoms with Gasteiger partial charge >= 0.3 is 0 Å². The summed E-state index contributed by atoms with van der Waals surface area (Å²) >= 11 is 0. The van der Waals surface area contributed by atoms with Gasteiger partial charge in [0.05, 0.1) is 22.6 Å². The molecule has 0 atom stereocenters. The number of carbonyl (C=O) groups excluding carboxylic acids is 1. The van der Waals surface area contributed by atoms with E-state index >= 15 is 0 Å². The number of sulfonamides is 1. The summed E-state index contributed by atoms with van der Waals surface area (Å²) in [4.78, 5) is 22.7. The molecule has 1 amide bonds. The summed E-state index contributed by atoms with van der Waals surface area (Å²) in [6.45, 7) is 3.72. The number of hydrogen-bond acceptors (Lipinski definition) is 5. The van der Waals surface area contributed by atoms with Crippen molar-refractivity contribution in [1.82, 2.24) is 0 Å². The number of aryl methyl sites for hydroxylation is 1. The van der Waals surface area contributed by atoms with Crippen LogP contribution in [-0.2, 0) is 10.0 Å². The lowest BCUT2D eigenvalue weighted by molar-refractivity contribution is -0.384. The predicted molar refractivity (Wildman–Crippen MR) is 100 cm³/mol. The second-order valence-electron chi connectivity index (χ2n) is 5.69. The first-order chi connectivity index (χ1) is 12.1. The second-order valence-corrected chi connectivity index (χ2v) is 7.59. The molecule has 0 aromatic heterocycles. The lowest BCUT2D eigenvalue weighted by Gasteiger charge is -2.20. The molecule has 2 aromatic carbocycles. The third-order valence-corrected chi connectivity index (χ3v) is 5.05. The van der Waals surface area contributed by atoms with Crippen LogP contribution in [0, 0.1) is 17.0 Å². The summed E-state index contributed by atoms with van der Waals surface area (Å²) in [7, 11) is -3.40. The van der Waals surface area contributed by atoms with Crippen LogP contribution in [0.15, 0.2) is 42.5 Å². The number of nitrogens with one attached hydrogen (secondary N) is 1. The SMILES string of the molecule is CCN(c1ccc(C(=O)Nc2cc([N+](=O)[O-])ccc2C)cc1)S(C)(=O)=O. The van der Waals surface area contributed by atoms with Gasteiger partial charge in [0, 0.05) is 24.2 Å². The molecule has 0 radical (unpaired) electrons. The van der Waals surface area contributed by atoms with Gasteiger partial charge in [-0.2, -0.15) is 0 Å². The number of carbonyl (C=O) groups is 1. The van der Waals surface area contributed by atoms with Crippen molar-refractivity contribution in [2.45, 2.75) is 13.8 Å². The highest BCUT2D eigenvalue weighted by molar-refractivity contribution is 7.92. The van der Waals surface area contributed by atoms with Gasteiger partial charge < -0.3 is 5.32 Å². The summed E-state index contributed by atoms with van der Waals surface area (Å²) in [5.41, 5.74) is 1.68. The van der Waals surface area contributed by atoms with Crippen LogP contribution in [0.1, 0.15) is 22.8 Å². The number of nitro benzene ring substituents is 1. The number of amides is 1. The summed E-state index contributed by atoms with van der Waals surface area (Å²) in [6, 6.07) is 10.3. The Labute approximate surface area is 151 Å². The molecular formula is C17H19N3O5S.